The van der Waals surface area contributed by atoms with Crippen LogP contribution in [0.1, 0.15) is 34.0 Å². The summed E-state index contributed by atoms with van der Waals surface area (Å²) in [6.07, 6.45) is 3.69. The average Bonchev–Trinajstić information content (AvgIpc) is 3.08. The van der Waals surface area contributed by atoms with Crippen molar-refractivity contribution in [2.45, 2.75) is 27.3 Å². The number of hydrogen-bond donors (Lipinski definition) is 0. The number of carbonyl (C=O) groups excluding carboxylic acids is 1. The van der Waals surface area contributed by atoms with Crippen molar-refractivity contribution in [3.63, 3.8) is 0 Å². The van der Waals surface area contributed by atoms with E-state index in [1.807, 2.05) is 53.0 Å². The van der Waals surface area contributed by atoms with E-state index in [0.717, 1.165) is 22.4 Å². The number of nitrogens with zero attached hydrogens (tertiary/aromatic N) is 3. The fourth-order valence-corrected chi connectivity index (χ4v) is 3.04. The lowest BCUT2D eigenvalue weighted by molar-refractivity contribution is 0.0988. The Kier molecular flexibility index (Phi) is 4.98. The first-order valence-corrected chi connectivity index (χ1v) is 8.53. The maximum atomic E-state index is 12.9. The highest BCUT2D eigenvalue weighted by molar-refractivity contribution is 6.06. The average molecular weight is 333 g/mol. The number of carbonyl (C=O) groups is 1. The van der Waals surface area contributed by atoms with Gasteiger partial charge in [0.2, 0.25) is 0 Å². The van der Waals surface area contributed by atoms with Crippen LogP contribution in [-0.2, 0) is 6.54 Å². The van der Waals surface area contributed by atoms with Gasteiger partial charge in [0.25, 0.3) is 5.91 Å². The number of hydrogen-bond acceptors (Lipinski definition) is 2. The smallest absolute Gasteiger partial charge is 0.258 e. The minimum absolute atomic E-state index is 0.0261. The second kappa shape index (κ2) is 7.34. The minimum Gasteiger partial charge on any atom is -0.309 e. The Bertz CT molecular complexity index is 831. The first kappa shape index (κ1) is 17.0. The molecular formula is C21H23N3O. The molecule has 1 amide bonds. The lowest BCUT2D eigenvalue weighted by Crippen LogP contribution is -2.30. The molecule has 0 spiro atoms. The van der Waals surface area contributed by atoms with Gasteiger partial charge >= 0.3 is 0 Å². The Morgan fingerprint density at radius 3 is 2.32 bits per heavy atom. The zero-order valence-electron chi connectivity index (χ0n) is 14.9. The van der Waals surface area contributed by atoms with Crippen molar-refractivity contribution >= 4 is 11.6 Å². The van der Waals surface area contributed by atoms with Crippen LogP contribution in [0.5, 0.6) is 0 Å². The molecule has 2 aromatic carbocycles. The zero-order chi connectivity index (χ0) is 17.8. The van der Waals surface area contributed by atoms with Gasteiger partial charge in [-0.1, -0.05) is 18.2 Å². The number of amides is 1. The third-order valence-electron chi connectivity index (χ3n) is 4.18. The summed E-state index contributed by atoms with van der Waals surface area (Å²) in [5.74, 6) is 0.0261. The van der Waals surface area contributed by atoms with Crippen molar-refractivity contribution in [1.82, 2.24) is 9.78 Å². The van der Waals surface area contributed by atoms with E-state index in [9.17, 15) is 4.79 Å². The van der Waals surface area contributed by atoms with Crippen molar-refractivity contribution in [1.29, 1.82) is 0 Å². The Morgan fingerprint density at radius 2 is 1.76 bits per heavy atom. The van der Waals surface area contributed by atoms with Gasteiger partial charge in [-0.05, 0) is 67.8 Å². The van der Waals surface area contributed by atoms with E-state index in [4.69, 9.17) is 0 Å². The number of anilines is 1. The van der Waals surface area contributed by atoms with E-state index in [-0.39, 0.29) is 5.91 Å². The van der Waals surface area contributed by atoms with E-state index in [0.29, 0.717) is 18.7 Å². The number of aromatic nitrogens is 2. The van der Waals surface area contributed by atoms with Crippen LogP contribution >= 0.6 is 0 Å². The molecule has 4 nitrogen and oxygen atoms in total. The molecular weight excluding hydrogens is 310 g/mol. The van der Waals surface area contributed by atoms with E-state index in [1.54, 1.807) is 6.20 Å². The monoisotopic (exact) mass is 333 g/mol. The van der Waals surface area contributed by atoms with Crippen LogP contribution in [0.25, 0.3) is 0 Å². The third kappa shape index (κ3) is 3.97. The van der Waals surface area contributed by atoms with Crippen molar-refractivity contribution in [2.24, 2.45) is 0 Å². The van der Waals surface area contributed by atoms with Crippen LogP contribution in [0, 0.1) is 13.8 Å². The van der Waals surface area contributed by atoms with E-state index < -0.39 is 0 Å². The van der Waals surface area contributed by atoms with Gasteiger partial charge in [-0.25, -0.2) is 0 Å². The highest BCUT2D eigenvalue weighted by Gasteiger charge is 2.16. The summed E-state index contributed by atoms with van der Waals surface area (Å²) in [7, 11) is 0. The van der Waals surface area contributed by atoms with E-state index in [2.05, 4.69) is 37.1 Å². The molecule has 0 aliphatic rings. The summed E-state index contributed by atoms with van der Waals surface area (Å²) >= 11 is 0. The van der Waals surface area contributed by atoms with Crippen LogP contribution in [0.4, 0.5) is 5.69 Å². The third-order valence-corrected chi connectivity index (χ3v) is 4.18. The van der Waals surface area contributed by atoms with Gasteiger partial charge in [0.1, 0.15) is 0 Å². The molecule has 0 aliphatic heterocycles. The van der Waals surface area contributed by atoms with Gasteiger partial charge < -0.3 is 4.90 Å². The topological polar surface area (TPSA) is 38.1 Å². The van der Waals surface area contributed by atoms with Gasteiger partial charge in [-0.2, -0.15) is 5.10 Å². The van der Waals surface area contributed by atoms with E-state index >= 15 is 0 Å². The Hall–Kier alpha value is -2.88. The summed E-state index contributed by atoms with van der Waals surface area (Å²) in [6.45, 7) is 7.45. The molecule has 0 radical (unpaired) electrons. The highest BCUT2D eigenvalue weighted by Crippen LogP contribution is 2.21. The quantitative estimate of drug-likeness (QED) is 0.701. The molecule has 0 saturated carbocycles. The molecule has 3 aromatic rings. The molecule has 25 heavy (non-hydrogen) atoms. The Labute approximate surface area is 148 Å². The van der Waals surface area contributed by atoms with Crippen LogP contribution in [0.15, 0.2) is 60.9 Å². The lowest BCUT2D eigenvalue weighted by atomic mass is 10.1. The first-order chi connectivity index (χ1) is 12.1. The van der Waals surface area contributed by atoms with Crippen LogP contribution in [0.3, 0.4) is 0 Å². The fraction of sp³-hybridized carbons (Fsp3) is 0.238. The summed E-state index contributed by atoms with van der Waals surface area (Å²) < 4.78 is 1.87. The van der Waals surface area contributed by atoms with Crippen LogP contribution in [0.2, 0.25) is 0 Å². The van der Waals surface area contributed by atoms with Crippen molar-refractivity contribution in [3.8, 4) is 0 Å². The van der Waals surface area contributed by atoms with Crippen LogP contribution < -0.4 is 4.90 Å². The standard InChI is InChI=1S/C21H23N3O/c1-4-24(20-13-16(2)12-17(3)14-20)21(25)19-8-6-18(7-9-19)15-23-11-5-10-22-23/h5-14H,4,15H2,1-3H3. The summed E-state index contributed by atoms with van der Waals surface area (Å²) in [4.78, 5) is 14.8. The Morgan fingerprint density at radius 1 is 1.08 bits per heavy atom. The van der Waals surface area contributed by atoms with Crippen molar-refractivity contribution < 1.29 is 4.79 Å². The first-order valence-electron chi connectivity index (χ1n) is 8.53. The summed E-state index contributed by atoms with van der Waals surface area (Å²) in [6, 6.07) is 15.9. The summed E-state index contributed by atoms with van der Waals surface area (Å²) in [5.41, 5.74) is 5.09. The van der Waals surface area contributed by atoms with Crippen LogP contribution in [-0.4, -0.2) is 22.2 Å². The van der Waals surface area contributed by atoms with Gasteiger partial charge in [0, 0.05) is 30.2 Å². The molecule has 1 aromatic heterocycles. The number of rotatable bonds is 5. The summed E-state index contributed by atoms with van der Waals surface area (Å²) in [5, 5.41) is 4.21. The van der Waals surface area contributed by atoms with Crippen molar-refractivity contribution in [2.75, 3.05) is 11.4 Å². The number of benzene rings is 2. The zero-order valence-corrected chi connectivity index (χ0v) is 14.9. The van der Waals surface area contributed by atoms with E-state index in [1.165, 1.54) is 0 Å². The SMILES string of the molecule is CCN(C(=O)c1ccc(Cn2cccn2)cc1)c1cc(C)cc(C)c1. The largest absolute Gasteiger partial charge is 0.309 e. The molecule has 0 unspecified atom stereocenters. The second-order valence-electron chi connectivity index (χ2n) is 6.30. The maximum Gasteiger partial charge on any atom is 0.258 e. The predicted molar refractivity (Wildman–Crippen MR) is 101 cm³/mol. The highest BCUT2D eigenvalue weighted by atomic mass is 16.2. The molecule has 128 valence electrons. The molecule has 3 rings (SSSR count). The predicted octanol–water partition coefficient (Wildman–Crippen LogP) is 4.21. The van der Waals surface area contributed by atoms with Gasteiger partial charge in [-0.3, -0.25) is 9.48 Å². The van der Waals surface area contributed by atoms with Gasteiger partial charge in [0.05, 0.1) is 6.54 Å². The fourth-order valence-electron chi connectivity index (χ4n) is 3.04. The van der Waals surface area contributed by atoms with Crippen molar-refractivity contribution in [3.05, 3.63) is 83.2 Å². The minimum atomic E-state index is 0.0261. The molecule has 4 heteroatoms. The molecule has 0 saturated heterocycles. The molecule has 0 atom stereocenters. The molecule has 0 aliphatic carbocycles. The Balaban J connectivity index is 1.80. The number of aryl methyl sites for hydroxylation is 2. The van der Waals surface area contributed by atoms with Gasteiger partial charge in [-0.15, -0.1) is 0 Å². The maximum absolute atomic E-state index is 12.9. The molecule has 0 fully saturated rings. The molecule has 0 bridgehead atoms. The molecule has 0 N–H and O–H groups in total. The lowest BCUT2D eigenvalue weighted by Gasteiger charge is -2.22. The van der Waals surface area contributed by atoms with Gasteiger partial charge in [0.15, 0.2) is 0 Å². The molecule has 1 heterocycles. The second-order valence-corrected chi connectivity index (χ2v) is 6.30. The normalized spacial score (nSPS) is 10.7.